The van der Waals surface area contributed by atoms with E-state index in [0.29, 0.717) is 17.9 Å². The third kappa shape index (κ3) is 2.37. The Morgan fingerprint density at radius 2 is 1.96 bits per heavy atom. The average molecular weight is 328 g/mol. The molecular formula is C17H20N4O3. The van der Waals surface area contributed by atoms with Gasteiger partial charge in [-0.15, -0.1) is 0 Å². The van der Waals surface area contributed by atoms with Crippen LogP contribution in [0.25, 0.3) is 16.8 Å². The Hall–Kier alpha value is -2.38. The highest BCUT2D eigenvalue weighted by atomic mass is 16.5. The van der Waals surface area contributed by atoms with Crippen LogP contribution < -0.4 is 5.56 Å². The number of fused-ring (bicyclic) bond motifs is 3. The van der Waals surface area contributed by atoms with Gasteiger partial charge in [0.25, 0.3) is 5.56 Å². The third-order valence-corrected chi connectivity index (χ3v) is 4.64. The van der Waals surface area contributed by atoms with Gasteiger partial charge in [0.2, 0.25) is 11.7 Å². The third-order valence-electron chi connectivity index (χ3n) is 4.64. The molecule has 126 valence electrons. The van der Waals surface area contributed by atoms with Gasteiger partial charge >= 0.3 is 0 Å². The van der Waals surface area contributed by atoms with Crippen molar-refractivity contribution in [3.8, 4) is 5.88 Å². The van der Waals surface area contributed by atoms with Crippen LogP contribution in [0.1, 0.15) is 5.56 Å². The highest BCUT2D eigenvalue weighted by molar-refractivity contribution is 5.79. The van der Waals surface area contributed by atoms with Crippen molar-refractivity contribution in [3.05, 3.63) is 40.2 Å². The standard InChI is InChI=1S/C17H20N4O3/c1-12-15(22)20(7-6-19-8-10-24-11-9-19)17-18-13-4-2-3-5-14(13)21(17)16(12)23/h2-5,22H,6-11H2,1H3. The van der Waals surface area contributed by atoms with Crippen molar-refractivity contribution in [1.29, 1.82) is 0 Å². The summed E-state index contributed by atoms with van der Waals surface area (Å²) >= 11 is 0. The molecule has 3 aromatic rings. The molecule has 3 heterocycles. The number of morpholine rings is 1. The fourth-order valence-electron chi connectivity index (χ4n) is 3.23. The highest BCUT2D eigenvalue weighted by Crippen LogP contribution is 2.21. The molecule has 0 aliphatic carbocycles. The summed E-state index contributed by atoms with van der Waals surface area (Å²) in [6, 6.07) is 7.53. The zero-order valence-corrected chi connectivity index (χ0v) is 13.6. The van der Waals surface area contributed by atoms with Crippen LogP contribution >= 0.6 is 0 Å². The van der Waals surface area contributed by atoms with Crippen molar-refractivity contribution >= 4 is 16.8 Å². The summed E-state index contributed by atoms with van der Waals surface area (Å²) < 4.78 is 8.68. The van der Waals surface area contributed by atoms with Gasteiger partial charge in [0.15, 0.2) is 0 Å². The molecule has 2 aromatic heterocycles. The molecule has 24 heavy (non-hydrogen) atoms. The van der Waals surface area contributed by atoms with Crippen LogP contribution in [-0.4, -0.2) is 56.8 Å². The van der Waals surface area contributed by atoms with Gasteiger partial charge < -0.3 is 9.84 Å². The first-order valence-corrected chi connectivity index (χ1v) is 8.16. The number of nitrogens with zero attached hydrogens (tertiary/aromatic N) is 4. The van der Waals surface area contributed by atoms with E-state index >= 15 is 0 Å². The largest absolute Gasteiger partial charge is 0.494 e. The summed E-state index contributed by atoms with van der Waals surface area (Å²) in [6.07, 6.45) is 0. The first-order chi connectivity index (χ1) is 11.7. The lowest BCUT2D eigenvalue weighted by Gasteiger charge is -2.27. The van der Waals surface area contributed by atoms with Crippen LogP contribution in [0.5, 0.6) is 5.88 Å². The molecule has 7 heteroatoms. The minimum atomic E-state index is -0.223. The Labute approximate surface area is 138 Å². The maximum absolute atomic E-state index is 12.6. The predicted octanol–water partition coefficient (Wildman–Crippen LogP) is 0.995. The van der Waals surface area contributed by atoms with Gasteiger partial charge in [0.05, 0.1) is 29.8 Å². The van der Waals surface area contributed by atoms with Crippen molar-refractivity contribution < 1.29 is 9.84 Å². The summed E-state index contributed by atoms with van der Waals surface area (Å²) in [5.41, 5.74) is 1.63. The molecule has 7 nitrogen and oxygen atoms in total. The molecule has 0 amide bonds. The first kappa shape index (κ1) is 15.2. The molecule has 0 bridgehead atoms. The van der Waals surface area contributed by atoms with Crippen LogP contribution in [0.2, 0.25) is 0 Å². The average Bonchev–Trinajstić information content (AvgIpc) is 3.00. The van der Waals surface area contributed by atoms with Crippen molar-refractivity contribution in [2.75, 3.05) is 32.8 Å². The molecule has 0 spiro atoms. The highest BCUT2D eigenvalue weighted by Gasteiger charge is 2.18. The second-order valence-corrected chi connectivity index (χ2v) is 6.10. The molecule has 4 rings (SSSR count). The van der Waals surface area contributed by atoms with Crippen LogP contribution in [0.3, 0.4) is 0 Å². The first-order valence-electron chi connectivity index (χ1n) is 8.16. The molecule has 0 unspecified atom stereocenters. The van der Waals surface area contributed by atoms with Crippen molar-refractivity contribution in [1.82, 2.24) is 18.9 Å². The Balaban J connectivity index is 1.82. The molecule has 0 radical (unpaired) electrons. The maximum Gasteiger partial charge on any atom is 0.266 e. The van der Waals surface area contributed by atoms with Crippen LogP contribution in [0.4, 0.5) is 0 Å². The van der Waals surface area contributed by atoms with Gasteiger partial charge in [0.1, 0.15) is 0 Å². The smallest absolute Gasteiger partial charge is 0.266 e. The van der Waals surface area contributed by atoms with E-state index in [-0.39, 0.29) is 11.4 Å². The number of hydrogen-bond donors (Lipinski definition) is 1. The normalized spacial score (nSPS) is 16.2. The van der Waals surface area contributed by atoms with Gasteiger partial charge in [-0.2, -0.15) is 0 Å². The number of ether oxygens (including phenoxy) is 1. The van der Waals surface area contributed by atoms with Gasteiger partial charge in [-0.3, -0.25) is 14.3 Å². The van der Waals surface area contributed by atoms with Crippen molar-refractivity contribution in [2.24, 2.45) is 0 Å². The molecule has 1 aliphatic heterocycles. The van der Waals surface area contributed by atoms with Crippen molar-refractivity contribution in [3.63, 3.8) is 0 Å². The molecule has 1 aromatic carbocycles. The topological polar surface area (TPSA) is 72.0 Å². The predicted molar refractivity (Wildman–Crippen MR) is 90.6 cm³/mol. The summed E-state index contributed by atoms with van der Waals surface area (Å²) in [6.45, 7) is 6.23. The lowest BCUT2D eigenvalue weighted by atomic mass is 10.3. The number of imidazole rings is 1. The fourth-order valence-corrected chi connectivity index (χ4v) is 3.23. The maximum atomic E-state index is 12.6. The Morgan fingerprint density at radius 3 is 2.75 bits per heavy atom. The summed E-state index contributed by atoms with van der Waals surface area (Å²) in [5, 5.41) is 10.5. The van der Waals surface area contributed by atoms with Crippen LogP contribution in [-0.2, 0) is 11.3 Å². The fraction of sp³-hybridized carbons (Fsp3) is 0.412. The molecular weight excluding hydrogens is 308 g/mol. The Kier molecular flexibility index (Phi) is 3.74. The number of aromatic nitrogens is 3. The molecule has 1 aliphatic rings. The molecule has 0 saturated carbocycles. The van der Waals surface area contributed by atoms with E-state index in [1.165, 1.54) is 0 Å². The molecule has 1 saturated heterocycles. The molecule has 1 fully saturated rings. The second kappa shape index (κ2) is 5.92. The van der Waals surface area contributed by atoms with Gasteiger partial charge in [-0.05, 0) is 19.1 Å². The quantitative estimate of drug-likeness (QED) is 0.776. The lowest BCUT2D eigenvalue weighted by molar-refractivity contribution is 0.0362. The summed E-state index contributed by atoms with van der Waals surface area (Å²) in [7, 11) is 0. The molecule has 0 atom stereocenters. The van der Waals surface area contributed by atoms with E-state index in [4.69, 9.17) is 4.74 Å². The minimum Gasteiger partial charge on any atom is -0.494 e. The number of aromatic hydroxyl groups is 1. The Bertz CT molecular complexity index is 954. The Morgan fingerprint density at radius 1 is 1.21 bits per heavy atom. The monoisotopic (exact) mass is 328 g/mol. The van der Waals surface area contributed by atoms with E-state index in [0.717, 1.165) is 43.9 Å². The lowest BCUT2D eigenvalue weighted by Crippen LogP contribution is -2.38. The van der Waals surface area contributed by atoms with Gasteiger partial charge in [0, 0.05) is 26.2 Å². The number of rotatable bonds is 3. The number of benzene rings is 1. The van der Waals surface area contributed by atoms with E-state index in [2.05, 4.69) is 9.88 Å². The van der Waals surface area contributed by atoms with Gasteiger partial charge in [-0.25, -0.2) is 9.38 Å². The summed E-state index contributed by atoms with van der Waals surface area (Å²) in [5.74, 6) is 0.480. The SMILES string of the molecule is Cc1c(O)n(CCN2CCOCC2)c2nc3ccccc3n2c1=O. The van der Waals surface area contributed by atoms with E-state index in [9.17, 15) is 9.90 Å². The minimum absolute atomic E-state index is 0.00364. The van der Waals surface area contributed by atoms with E-state index < -0.39 is 0 Å². The zero-order chi connectivity index (χ0) is 16.7. The van der Waals surface area contributed by atoms with Gasteiger partial charge in [-0.1, -0.05) is 12.1 Å². The van der Waals surface area contributed by atoms with Crippen LogP contribution in [0.15, 0.2) is 29.1 Å². The van der Waals surface area contributed by atoms with Crippen LogP contribution in [0, 0.1) is 6.92 Å². The van der Waals surface area contributed by atoms with E-state index in [1.807, 2.05) is 24.3 Å². The zero-order valence-electron chi connectivity index (χ0n) is 13.6. The number of hydrogen-bond acceptors (Lipinski definition) is 5. The van der Waals surface area contributed by atoms with Crippen molar-refractivity contribution in [2.45, 2.75) is 13.5 Å². The summed E-state index contributed by atoms with van der Waals surface area (Å²) in [4.78, 5) is 19.5. The molecule has 1 N–H and O–H groups in total. The number of para-hydroxylation sites is 2. The second-order valence-electron chi connectivity index (χ2n) is 6.10. The van der Waals surface area contributed by atoms with E-state index in [1.54, 1.807) is 15.9 Å².